The fourth-order valence-corrected chi connectivity index (χ4v) is 3.66. The second-order valence-electron chi connectivity index (χ2n) is 7.86. The molecule has 144 valence electrons. The minimum atomic E-state index is -0.350. The number of nitrogens with zero attached hydrogens (tertiary/aromatic N) is 5. The summed E-state index contributed by atoms with van der Waals surface area (Å²) in [5.41, 5.74) is 2.50. The van der Waals surface area contributed by atoms with E-state index in [0.717, 1.165) is 23.9 Å². The second kappa shape index (κ2) is 6.00. The molecule has 1 N–H and O–H groups in total. The summed E-state index contributed by atoms with van der Waals surface area (Å²) in [4.78, 5) is 22.3. The van der Waals surface area contributed by atoms with E-state index in [9.17, 15) is 9.90 Å². The molecule has 1 aliphatic carbocycles. The van der Waals surface area contributed by atoms with Gasteiger partial charge in [-0.1, -0.05) is 24.2 Å². The highest BCUT2D eigenvalue weighted by molar-refractivity contribution is 5.79. The Morgan fingerprint density at radius 1 is 1.29 bits per heavy atom. The molecule has 3 heterocycles. The van der Waals surface area contributed by atoms with Crippen LogP contribution in [0.1, 0.15) is 50.1 Å². The van der Waals surface area contributed by atoms with E-state index in [1.54, 1.807) is 15.3 Å². The number of hydrogen-bond donors (Lipinski definition) is 1. The molecule has 3 aromatic heterocycles. The lowest BCUT2D eigenvalue weighted by Crippen LogP contribution is -2.27. The van der Waals surface area contributed by atoms with Crippen LogP contribution in [0, 0.1) is 0 Å². The van der Waals surface area contributed by atoms with E-state index >= 15 is 0 Å². The number of fused-ring (bicyclic) bond motifs is 3. The monoisotopic (exact) mass is 379 g/mol. The van der Waals surface area contributed by atoms with Crippen molar-refractivity contribution in [2.45, 2.75) is 44.6 Å². The number of hydrogen-bond acceptors (Lipinski definition) is 6. The normalized spacial score (nSPS) is 16.7. The lowest BCUT2D eigenvalue weighted by atomic mass is 10.1. The molecule has 4 aromatic rings. The Hall–Kier alpha value is -3.00. The van der Waals surface area contributed by atoms with Crippen LogP contribution >= 0.6 is 0 Å². The third kappa shape index (κ3) is 2.48. The molecule has 5 rings (SSSR count). The number of rotatable bonds is 5. The standard InChI is InChI=1S/C20H21N5O3/c1-12(10-26)25-15-6-4-3-5-14(15)24-11-21-13(17(24)18(25)27)9-16-22-19(28-23-16)20(2)7-8-20/h3-6,11-12,26H,7-10H2,1-2H3. The number of imidazole rings is 1. The van der Waals surface area contributed by atoms with Gasteiger partial charge >= 0.3 is 0 Å². The molecule has 0 saturated heterocycles. The number of para-hydroxylation sites is 2. The van der Waals surface area contributed by atoms with Crippen molar-refractivity contribution in [2.24, 2.45) is 0 Å². The lowest BCUT2D eigenvalue weighted by molar-refractivity contribution is 0.239. The van der Waals surface area contributed by atoms with Crippen molar-refractivity contribution in [1.29, 1.82) is 0 Å². The predicted molar refractivity (Wildman–Crippen MR) is 102 cm³/mol. The molecule has 8 heteroatoms. The first-order valence-corrected chi connectivity index (χ1v) is 9.45. The minimum Gasteiger partial charge on any atom is -0.394 e. The molecule has 0 radical (unpaired) electrons. The largest absolute Gasteiger partial charge is 0.394 e. The Kier molecular flexibility index (Phi) is 3.67. The van der Waals surface area contributed by atoms with Crippen molar-refractivity contribution in [2.75, 3.05) is 6.61 Å². The highest BCUT2D eigenvalue weighted by atomic mass is 16.5. The van der Waals surface area contributed by atoms with Crippen LogP contribution in [0.25, 0.3) is 16.6 Å². The van der Waals surface area contributed by atoms with Crippen LogP contribution in [0.5, 0.6) is 0 Å². The summed E-state index contributed by atoms with van der Waals surface area (Å²) in [6.45, 7) is 3.80. The SMILES string of the molecule is CC(CO)n1c(=O)c2c(Cc3noc(C4(C)CC4)n3)ncn2c2ccccc21. The van der Waals surface area contributed by atoms with Gasteiger partial charge in [0.25, 0.3) is 5.56 Å². The third-order valence-corrected chi connectivity index (χ3v) is 5.68. The maximum Gasteiger partial charge on any atom is 0.277 e. The summed E-state index contributed by atoms with van der Waals surface area (Å²) in [6.07, 6.45) is 4.08. The summed E-state index contributed by atoms with van der Waals surface area (Å²) in [6, 6.07) is 7.27. The fraction of sp³-hybridized carbons (Fsp3) is 0.400. The van der Waals surface area contributed by atoms with Gasteiger partial charge in [-0.3, -0.25) is 13.8 Å². The van der Waals surface area contributed by atoms with Gasteiger partial charge in [0.2, 0.25) is 5.89 Å². The van der Waals surface area contributed by atoms with Gasteiger partial charge in [0, 0.05) is 5.41 Å². The molecule has 0 spiro atoms. The Morgan fingerprint density at radius 3 is 2.75 bits per heavy atom. The highest BCUT2D eigenvalue weighted by Crippen LogP contribution is 2.46. The summed E-state index contributed by atoms with van der Waals surface area (Å²) in [7, 11) is 0. The van der Waals surface area contributed by atoms with Gasteiger partial charge in [-0.2, -0.15) is 4.98 Å². The number of aliphatic hydroxyl groups is 1. The zero-order valence-electron chi connectivity index (χ0n) is 15.8. The Bertz CT molecular complexity index is 1250. The molecule has 28 heavy (non-hydrogen) atoms. The van der Waals surface area contributed by atoms with Gasteiger partial charge in [0.05, 0.1) is 35.8 Å². The van der Waals surface area contributed by atoms with E-state index in [1.807, 2.05) is 31.2 Å². The van der Waals surface area contributed by atoms with Crippen LogP contribution in [-0.4, -0.2) is 35.8 Å². The van der Waals surface area contributed by atoms with E-state index in [0.29, 0.717) is 29.3 Å². The Morgan fingerprint density at radius 2 is 2.04 bits per heavy atom. The zero-order chi connectivity index (χ0) is 19.5. The fourth-order valence-electron chi connectivity index (χ4n) is 3.66. The number of benzene rings is 1. The average molecular weight is 379 g/mol. The van der Waals surface area contributed by atoms with Crippen molar-refractivity contribution < 1.29 is 9.63 Å². The molecule has 0 amide bonds. The first-order valence-electron chi connectivity index (χ1n) is 9.45. The topological polar surface area (TPSA) is 98.5 Å². The molecule has 0 aliphatic heterocycles. The maximum atomic E-state index is 13.3. The smallest absolute Gasteiger partial charge is 0.277 e. The van der Waals surface area contributed by atoms with Crippen LogP contribution in [0.2, 0.25) is 0 Å². The average Bonchev–Trinajstić information content (AvgIpc) is 3.10. The molecule has 1 aromatic carbocycles. The lowest BCUT2D eigenvalue weighted by Gasteiger charge is -2.17. The van der Waals surface area contributed by atoms with E-state index in [1.165, 1.54) is 0 Å². The predicted octanol–water partition coefficient (Wildman–Crippen LogP) is 2.23. The van der Waals surface area contributed by atoms with Crippen molar-refractivity contribution in [3.8, 4) is 0 Å². The van der Waals surface area contributed by atoms with Gasteiger partial charge < -0.3 is 9.63 Å². The van der Waals surface area contributed by atoms with E-state index in [2.05, 4.69) is 22.0 Å². The molecule has 8 nitrogen and oxygen atoms in total. The van der Waals surface area contributed by atoms with Crippen LogP contribution in [0.3, 0.4) is 0 Å². The van der Waals surface area contributed by atoms with E-state index < -0.39 is 0 Å². The van der Waals surface area contributed by atoms with Crippen molar-refractivity contribution in [3.63, 3.8) is 0 Å². The van der Waals surface area contributed by atoms with Crippen LogP contribution in [0.4, 0.5) is 0 Å². The summed E-state index contributed by atoms with van der Waals surface area (Å²) in [5, 5.41) is 13.8. The molecule has 1 atom stereocenters. The highest BCUT2D eigenvalue weighted by Gasteiger charge is 2.44. The third-order valence-electron chi connectivity index (χ3n) is 5.68. The quantitative estimate of drug-likeness (QED) is 0.571. The number of aromatic nitrogens is 5. The van der Waals surface area contributed by atoms with E-state index in [4.69, 9.17) is 4.52 Å². The number of aliphatic hydroxyl groups excluding tert-OH is 1. The maximum absolute atomic E-state index is 13.3. The summed E-state index contributed by atoms with van der Waals surface area (Å²) < 4.78 is 8.85. The van der Waals surface area contributed by atoms with Crippen LogP contribution < -0.4 is 5.56 Å². The Balaban J connectivity index is 1.67. The van der Waals surface area contributed by atoms with Crippen molar-refractivity contribution in [3.05, 3.63) is 58.4 Å². The minimum absolute atomic E-state index is 0.000986. The van der Waals surface area contributed by atoms with Gasteiger partial charge in [0.1, 0.15) is 11.8 Å². The zero-order valence-corrected chi connectivity index (χ0v) is 15.8. The first kappa shape index (κ1) is 17.1. The van der Waals surface area contributed by atoms with E-state index in [-0.39, 0.29) is 23.6 Å². The molecule has 1 aliphatic rings. The molecular formula is C20H21N5O3. The van der Waals surface area contributed by atoms with Crippen molar-refractivity contribution in [1.82, 2.24) is 24.1 Å². The van der Waals surface area contributed by atoms with Crippen LogP contribution in [-0.2, 0) is 11.8 Å². The van der Waals surface area contributed by atoms with Crippen LogP contribution in [0.15, 0.2) is 39.9 Å². The van der Waals surface area contributed by atoms with Gasteiger partial charge in [-0.05, 0) is 31.9 Å². The summed E-state index contributed by atoms with van der Waals surface area (Å²) >= 11 is 0. The molecule has 1 saturated carbocycles. The summed E-state index contributed by atoms with van der Waals surface area (Å²) in [5.74, 6) is 1.18. The molecular weight excluding hydrogens is 358 g/mol. The van der Waals surface area contributed by atoms with Crippen molar-refractivity contribution >= 4 is 16.6 Å². The van der Waals surface area contributed by atoms with Gasteiger partial charge in [0.15, 0.2) is 5.82 Å². The second-order valence-corrected chi connectivity index (χ2v) is 7.86. The molecule has 1 unspecified atom stereocenters. The molecule has 1 fully saturated rings. The van der Waals surface area contributed by atoms with Gasteiger partial charge in [-0.15, -0.1) is 0 Å². The Labute approximate surface area is 160 Å². The molecule has 0 bridgehead atoms. The van der Waals surface area contributed by atoms with Gasteiger partial charge in [-0.25, -0.2) is 4.98 Å². The first-order chi connectivity index (χ1) is 13.5.